The lowest BCUT2D eigenvalue weighted by Gasteiger charge is -2.33. The second kappa shape index (κ2) is 20.2. The fraction of sp³-hybridized carbons (Fsp3) is 0.575. The molecule has 9 amide bonds. The fourth-order valence-corrected chi connectivity index (χ4v) is 8.69. The van der Waals surface area contributed by atoms with Crippen LogP contribution in [0.4, 0.5) is 0 Å². The summed E-state index contributed by atoms with van der Waals surface area (Å²) in [6, 6.07) is -0.966. The number of aromatic nitrogens is 1. The Morgan fingerprint density at radius 1 is 0.921 bits per heavy atom. The predicted octanol–water partition coefficient (Wildman–Crippen LogP) is -3.91. The first kappa shape index (κ1) is 48.3. The molecule has 5 rings (SSSR count). The van der Waals surface area contributed by atoms with Crippen LogP contribution in [0.15, 0.2) is 29.3 Å². The van der Waals surface area contributed by atoms with Gasteiger partial charge in [0.25, 0.3) is 5.91 Å². The summed E-state index contributed by atoms with van der Waals surface area (Å²) < 4.78 is 0. The average molecular weight is 901 g/mol. The third kappa shape index (κ3) is 11.2. The molecule has 0 spiro atoms. The number of nitrogens with zero attached hydrogens (tertiary/aromatic N) is 1. The number of H-pyrrole nitrogens is 1. The summed E-state index contributed by atoms with van der Waals surface area (Å²) in [4.78, 5) is 130. The van der Waals surface area contributed by atoms with Gasteiger partial charge >= 0.3 is 0 Å². The second-order valence-electron chi connectivity index (χ2n) is 16.7. The van der Waals surface area contributed by atoms with E-state index >= 15 is 0 Å². The van der Waals surface area contributed by atoms with E-state index in [2.05, 4.69) is 42.2 Å². The van der Waals surface area contributed by atoms with E-state index in [1.807, 2.05) is 0 Å². The van der Waals surface area contributed by atoms with Crippen molar-refractivity contribution >= 4 is 75.8 Å². The minimum Gasteiger partial charge on any atom is -0.394 e. The van der Waals surface area contributed by atoms with Crippen molar-refractivity contribution in [1.82, 2.24) is 47.1 Å². The summed E-state index contributed by atoms with van der Waals surface area (Å²) in [5.74, 6) is -10.2. The molecule has 22 nitrogen and oxygen atoms in total. The molecule has 3 aliphatic heterocycles. The summed E-state index contributed by atoms with van der Waals surface area (Å²) in [6.07, 6.45) is -3.98. The summed E-state index contributed by atoms with van der Waals surface area (Å²) in [6.45, 7) is 5.56. The summed E-state index contributed by atoms with van der Waals surface area (Å²) in [5, 5.41) is 48.3. The Morgan fingerprint density at radius 3 is 2.29 bits per heavy atom. The molecule has 0 aliphatic carbocycles. The van der Waals surface area contributed by atoms with Gasteiger partial charge in [0.1, 0.15) is 35.7 Å². The summed E-state index contributed by atoms with van der Waals surface area (Å²) in [5.41, 5.74) is 4.61. The second-order valence-corrected chi connectivity index (χ2v) is 17.8. The van der Waals surface area contributed by atoms with Crippen molar-refractivity contribution in [2.45, 2.75) is 119 Å². The Bertz CT molecular complexity index is 2130. The van der Waals surface area contributed by atoms with Gasteiger partial charge < -0.3 is 68.2 Å². The topological polar surface area (TPSA) is 344 Å². The van der Waals surface area contributed by atoms with E-state index < -0.39 is 144 Å². The van der Waals surface area contributed by atoms with E-state index in [1.54, 1.807) is 38.1 Å². The number of hydrogen-bond acceptors (Lipinski definition) is 13. The first-order valence-corrected chi connectivity index (χ1v) is 21.5. The SMILES string of the molecule is CC[C@H](C)[C@H]1NC(=O)CNC(=O)[C@@H]2Cc3c([nH]c4ccccc34)S[C@H](NC(=O)C(C)(C)NC1=O)C(=O)NC(CC(N)=O)C(=O)N1C[C@H](O)C[C@H]1C(=O)N[C@@H]([C@@H](C)[C@@H](O)CO)C(=O)N2. The largest absolute Gasteiger partial charge is 0.394 e. The van der Waals surface area contributed by atoms with Crippen LogP contribution in [0.1, 0.15) is 59.4 Å². The number of nitrogens with two attached hydrogens (primary N) is 1. The summed E-state index contributed by atoms with van der Waals surface area (Å²) >= 11 is 0.731. The van der Waals surface area contributed by atoms with Crippen molar-refractivity contribution in [1.29, 1.82) is 0 Å². The maximum atomic E-state index is 14.5. The van der Waals surface area contributed by atoms with Gasteiger partial charge in [0.05, 0.1) is 36.8 Å². The number of carbonyl (C=O) groups is 9. The lowest BCUT2D eigenvalue weighted by molar-refractivity contribution is -0.144. The van der Waals surface area contributed by atoms with E-state index in [0.29, 0.717) is 22.9 Å². The molecular formula is C40H56N10O12S. The van der Waals surface area contributed by atoms with Crippen LogP contribution in [0.3, 0.4) is 0 Å². The number of fused-ring (bicyclic) bond motifs is 4. The van der Waals surface area contributed by atoms with Crippen LogP contribution < -0.4 is 43.0 Å². The van der Waals surface area contributed by atoms with Crippen LogP contribution in [0.25, 0.3) is 10.9 Å². The van der Waals surface area contributed by atoms with Gasteiger partial charge in [0.15, 0.2) is 5.37 Å². The quantitative estimate of drug-likeness (QED) is 0.127. The Balaban J connectivity index is 1.74. The number of nitrogens with one attached hydrogen (secondary N) is 8. The average Bonchev–Trinajstić information content (AvgIpc) is 3.80. The molecular weight excluding hydrogens is 845 g/mol. The lowest BCUT2D eigenvalue weighted by Crippen LogP contribution is -2.63. The van der Waals surface area contributed by atoms with Crippen LogP contribution in [0, 0.1) is 11.8 Å². The number of hydrogen-bond donors (Lipinski definition) is 12. The number of primary amides is 1. The van der Waals surface area contributed by atoms with E-state index in [1.165, 1.54) is 20.8 Å². The lowest BCUT2D eigenvalue weighted by atomic mass is 9.93. The molecule has 1 fully saturated rings. The van der Waals surface area contributed by atoms with Gasteiger partial charge in [-0.25, -0.2) is 0 Å². The first-order chi connectivity index (χ1) is 29.6. The number of amides is 9. The van der Waals surface area contributed by atoms with Gasteiger partial charge in [-0.15, -0.1) is 0 Å². The summed E-state index contributed by atoms with van der Waals surface area (Å²) in [7, 11) is 0. The number of thioether (sulfide) groups is 1. The normalized spacial score (nSPS) is 28.3. The monoisotopic (exact) mass is 900 g/mol. The number of carbonyl (C=O) groups excluding carboxylic acids is 9. The van der Waals surface area contributed by atoms with Gasteiger partial charge in [-0.3, -0.25) is 43.2 Å². The highest BCUT2D eigenvalue weighted by atomic mass is 32.2. The van der Waals surface area contributed by atoms with Crippen LogP contribution in [0.5, 0.6) is 0 Å². The number of aliphatic hydroxyl groups is 3. The third-order valence-electron chi connectivity index (χ3n) is 11.6. The molecule has 63 heavy (non-hydrogen) atoms. The first-order valence-electron chi connectivity index (χ1n) is 20.6. The fourth-order valence-electron chi connectivity index (χ4n) is 7.61. The predicted molar refractivity (Wildman–Crippen MR) is 224 cm³/mol. The van der Waals surface area contributed by atoms with Gasteiger partial charge in [-0.05, 0) is 31.4 Å². The Kier molecular flexibility index (Phi) is 15.4. The van der Waals surface area contributed by atoms with E-state index in [0.717, 1.165) is 16.7 Å². The highest BCUT2D eigenvalue weighted by Crippen LogP contribution is 2.34. The third-order valence-corrected chi connectivity index (χ3v) is 12.7. The molecule has 4 heterocycles. The van der Waals surface area contributed by atoms with Crippen molar-refractivity contribution in [3.8, 4) is 0 Å². The number of benzene rings is 1. The molecule has 1 aromatic carbocycles. The van der Waals surface area contributed by atoms with E-state index in [-0.39, 0.29) is 17.9 Å². The minimum absolute atomic E-state index is 0.184. The smallest absolute Gasteiger partial charge is 0.254 e. The van der Waals surface area contributed by atoms with Crippen molar-refractivity contribution in [2.24, 2.45) is 17.6 Å². The van der Waals surface area contributed by atoms with Gasteiger partial charge in [0, 0.05) is 36.2 Å². The van der Waals surface area contributed by atoms with Crippen LogP contribution >= 0.6 is 11.8 Å². The molecule has 1 aromatic heterocycles. The highest BCUT2D eigenvalue weighted by molar-refractivity contribution is 8.00. The van der Waals surface area contributed by atoms with Crippen molar-refractivity contribution in [3.63, 3.8) is 0 Å². The number of aliphatic hydroxyl groups excluding tert-OH is 3. The van der Waals surface area contributed by atoms with Gasteiger partial charge in [-0.1, -0.05) is 57.2 Å². The molecule has 1 unspecified atom stereocenters. The van der Waals surface area contributed by atoms with Crippen LogP contribution in [0.2, 0.25) is 0 Å². The molecule has 0 saturated carbocycles. The maximum Gasteiger partial charge on any atom is 0.254 e. The maximum absolute atomic E-state index is 14.5. The zero-order chi connectivity index (χ0) is 46.5. The molecule has 10 atom stereocenters. The van der Waals surface area contributed by atoms with Crippen molar-refractivity contribution in [3.05, 3.63) is 29.8 Å². The molecule has 344 valence electrons. The van der Waals surface area contributed by atoms with Gasteiger partial charge in [-0.2, -0.15) is 0 Å². The highest BCUT2D eigenvalue weighted by Gasteiger charge is 2.45. The van der Waals surface area contributed by atoms with E-state index in [4.69, 9.17) is 5.73 Å². The molecule has 0 radical (unpaired) electrons. The number of rotatable bonds is 7. The standard InChI is InChI=1S/C40H56N10O12S/c1-6-17(2)29-34(59)49-40(4,5)39(62)48-37-35(60)44-24(13-27(41)54)38(61)50-15-19(52)11-25(50)32(57)47-30(18(3)26(53)16-51)33(58)43-23(31(56)42-14-28(55)46-29)12-21-20-9-7-8-10-22(20)45-36(21)63-37/h7-10,17-19,23-26,29-30,37,45,51-53H,6,11-16H2,1-5H3,(H2,41,54)(H,42,56)(H,43,58)(H,44,60)(H,46,55)(H,47,57)(H,48,62)(H,49,59)/t17-,18-,19+,23-,24?,25-,26-,29+,30-,37-/m0/s1. The molecule has 2 aromatic rings. The Morgan fingerprint density at radius 2 is 1.62 bits per heavy atom. The van der Waals surface area contributed by atoms with Crippen molar-refractivity contribution in [2.75, 3.05) is 19.7 Å². The molecule has 3 aliphatic rings. The minimum atomic E-state index is -1.76. The molecule has 23 heteroatoms. The molecule has 1 saturated heterocycles. The number of para-hydroxylation sites is 1. The van der Waals surface area contributed by atoms with Crippen LogP contribution in [-0.4, -0.2) is 151 Å². The molecule has 2 bridgehead atoms. The zero-order valence-electron chi connectivity index (χ0n) is 35.5. The van der Waals surface area contributed by atoms with Crippen LogP contribution in [-0.2, 0) is 49.6 Å². The van der Waals surface area contributed by atoms with E-state index in [9.17, 15) is 58.5 Å². The molecule has 13 N–H and O–H groups in total. The Labute approximate surface area is 366 Å². The Hall–Kier alpha value is -5.78. The van der Waals surface area contributed by atoms with Crippen molar-refractivity contribution < 1.29 is 58.5 Å². The zero-order valence-corrected chi connectivity index (χ0v) is 36.3. The number of aromatic amines is 1. The van der Waals surface area contributed by atoms with Gasteiger partial charge in [0.2, 0.25) is 47.3 Å².